The lowest BCUT2D eigenvalue weighted by Gasteiger charge is -2.26. The Labute approximate surface area is 188 Å². The zero-order valence-electron chi connectivity index (χ0n) is 18.7. The lowest BCUT2D eigenvalue weighted by Crippen LogP contribution is -2.40. The standard InChI is InChI=1S/C23H33N3O4S/c1-16(15-27)13-20(28)7-6-19-14-26(8-4-5-17(19)2)23-24-18(3)21(31-23)22(29)25-9-11-30-12-10-25/h6-7,15-17,28H,4-5,8-14H2,1-3H3/b19-6-,20-7+. The Bertz CT molecular complexity index is 842. The predicted octanol–water partition coefficient (Wildman–Crippen LogP) is 3.75. The molecule has 2 aliphatic heterocycles. The highest BCUT2D eigenvalue weighted by Gasteiger charge is 2.26. The van der Waals surface area contributed by atoms with Crippen molar-refractivity contribution in [2.24, 2.45) is 11.8 Å². The first-order chi connectivity index (χ1) is 14.9. The highest BCUT2D eigenvalue weighted by atomic mass is 32.1. The Morgan fingerprint density at radius 1 is 1.35 bits per heavy atom. The molecule has 1 amide bonds. The summed E-state index contributed by atoms with van der Waals surface area (Å²) < 4.78 is 5.36. The first kappa shape index (κ1) is 23.5. The normalized spacial score (nSPS) is 23.0. The van der Waals surface area contributed by atoms with Gasteiger partial charge in [-0.3, -0.25) is 4.79 Å². The number of nitrogens with zero attached hydrogens (tertiary/aromatic N) is 3. The van der Waals surface area contributed by atoms with Crippen LogP contribution >= 0.6 is 11.3 Å². The van der Waals surface area contributed by atoms with Gasteiger partial charge in [0, 0.05) is 38.5 Å². The van der Waals surface area contributed by atoms with Crippen molar-refractivity contribution >= 4 is 28.7 Å². The topological polar surface area (TPSA) is 83.0 Å². The minimum atomic E-state index is -0.196. The van der Waals surface area contributed by atoms with Crippen LogP contribution < -0.4 is 4.90 Å². The largest absolute Gasteiger partial charge is 0.512 e. The van der Waals surface area contributed by atoms with Crippen molar-refractivity contribution in [1.82, 2.24) is 9.88 Å². The number of hydrogen-bond acceptors (Lipinski definition) is 7. The summed E-state index contributed by atoms with van der Waals surface area (Å²) in [6, 6.07) is 0. The monoisotopic (exact) mass is 447 g/mol. The predicted molar refractivity (Wildman–Crippen MR) is 123 cm³/mol. The van der Waals surface area contributed by atoms with Crippen LogP contribution in [-0.2, 0) is 9.53 Å². The van der Waals surface area contributed by atoms with E-state index in [2.05, 4.69) is 11.8 Å². The van der Waals surface area contributed by atoms with Crippen LogP contribution in [0, 0.1) is 18.8 Å². The maximum Gasteiger partial charge on any atom is 0.266 e. The maximum atomic E-state index is 12.9. The molecule has 2 unspecified atom stereocenters. The number of aliphatic hydroxyl groups is 1. The number of anilines is 1. The van der Waals surface area contributed by atoms with E-state index in [4.69, 9.17) is 9.72 Å². The van der Waals surface area contributed by atoms with E-state index >= 15 is 0 Å². The minimum Gasteiger partial charge on any atom is -0.512 e. The van der Waals surface area contributed by atoms with Crippen molar-refractivity contribution in [2.45, 2.75) is 40.0 Å². The van der Waals surface area contributed by atoms with Crippen LogP contribution in [0.25, 0.3) is 0 Å². The summed E-state index contributed by atoms with van der Waals surface area (Å²) in [5.41, 5.74) is 2.00. The van der Waals surface area contributed by atoms with Crippen LogP contribution in [0.1, 0.15) is 48.5 Å². The van der Waals surface area contributed by atoms with Gasteiger partial charge < -0.3 is 24.4 Å². The maximum absolute atomic E-state index is 12.9. The molecule has 0 aromatic carbocycles. The lowest BCUT2D eigenvalue weighted by molar-refractivity contribution is -0.110. The molecule has 2 aliphatic rings. The van der Waals surface area contributed by atoms with E-state index < -0.39 is 0 Å². The van der Waals surface area contributed by atoms with Crippen LogP contribution in [0.3, 0.4) is 0 Å². The molecule has 0 aliphatic carbocycles. The fourth-order valence-electron chi connectivity index (χ4n) is 3.88. The quantitative estimate of drug-likeness (QED) is 0.528. The Balaban J connectivity index is 1.76. The summed E-state index contributed by atoms with van der Waals surface area (Å²) in [6.07, 6.45) is 7.01. The molecule has 2 fully saturated rings. The molecular weight excluding hydrogens is 414 g/mol. The number of amides is 1. The number of thiazole rings is 1. The number of aldehydes is 1. The first-order valence-electron chi connectivity index (χ1n) is 11.0. The number of aromatic nitrogens is 1. The molecule has 0 saturated carbocycles. The van der Waals surface area contributed by atoms with Gasteiger partial charge in [0.15, 0.2) is 5.13 Å². The highest BCUT2D eigenvalue weighted by Crippen LogP contribution is 2.32. The molecular formula is C23H33N3O4S. The number of ether oxygens (including phenoxy) is 1. The van der Waals surface area contributed by atoms with Gasteiger partial charge in [-0.2, -0.15) is 0 Å². The third-order valence-corrected chi connectivity index (χ3v) is 7.08. The van der Waals surface area contributed by atoms with E-state index in [0.717, 1.165) is 36.5 Å². The molecule has 0 spiro atoms. The van der Waals surface area contributed by atoms with E-state index in [1.807, 2.05) is 17.9 Å². The second-order valence-electron chi connectivity index (χ2n) is 8.50. The van der Waals surface area contributed by atoms with Gasteiger partial charge >= 0.3 is 0 Å². The molecule has 31 heavy (non-hydrogen) atoms. The van der Waals surface area contributed by atoms with Crippen LogP contribution in [0.4, 0.5) is 5.13 Å². The molecule has 2 atom stereocenters. The van der Waals surface area contributed by atoms with Gasteiger partial charge in [0.25, 0.3) is 5.91 Å². The lowest BCUT2D eigenvalue weighted by atomic mass is 9.96. The van der Waals surface area contributed by atoms with Crippen molar-refractivity contribution in [3.05, 3.63) is 34.1 Å². The molecule has 0 radical (unpaired) electrons. The smallest absolute Gasteiger partial charge is 0.266 e. The number of aryl methyl sites for hydroxylation is 1. The van der Waals surface area contributed by atoms with E-state index in [0.29, 0.717) is 50.1 Å². The van der Waals surface area contributed by atoms with Crippen LogP contribution in [-0.4, -0.2) is 66.6 Å². The zero-order valence-corrected chi connectivity index (χ0v) is 19.5. The molecule has 1 aromatic rings. The van der Waals surface area contributed by atoms with Gasteiger partial charge in [-0.05, 0) is 37.3 Å². The molecule has 3 rings (SSSR count). The summed E-state index contributed by atoms with van der Waals surface area (Å²) in [5.74, 6) is 0.464. The molecule has 1 aromatic heterocycles. The Hall–Kier alpha value is -2.19. The van der Waals surface area contributed by atoms with E-state index in [1.165, 1.54) is 16.9 Å². The van der Waals surface area contributed by atoms with E-state index in [9.17, 15) is 14.7 Å². The summed E-state index contributed by atoms with van der Waals surface area (Å²) >= 11 is 1.47. The van der Waals surface area contributed by atoms with Crippen molar-refractivity contribution in [2.75, 3.05) is 44.3 Å². The van der Waals surface area contributed by atoms with Crippen molar-refractivity contribution in [1.29, 1.82) is 0 Å². The third kappa shape index (κ3) is 6.17. The molecule has 1 N–H and O–H groups in total. The van der Waals surface area contributed by atoms with Crippen LogP contribution in [0.5, 0.6) is 0 Å². The number of carbonyl (C=O) groups excluding carboxylic acids is 2. The van der Waals surface area contributed by atoms with Gasteiger partial charge in [0.2, 0.25) is 0 Å². The fourth-order valence-corrected chi connectivity index (χ4v) is 4.94. The van der Waals surface area contributed by atoms with Crippen molar-refractivity contribution in [3.8, 4) is 0 Å². The van der Waals surface area contributed by atoms with E-state index in [1.54, 1.807) is 13.0 Å². The Morgan fingerprint density at radius 2 is 2.10 bits per heavy atom. The number of rotatable bonds is 6. The molecule has 170 valence electrons. The average Bonchev–Trinajstić information content (AvgIpc) is 3.06. The number of hydrogen-bond donors (Lipinski definition) is 1. The Kier molecular flexibility index (Phi) is 8.26. The second kappa shape index (κ2) is 10.9. The molecule has 2 saturated heterocycles. The van der Waals surface area contributed by atoms with Gasteiger partial charge in [-0.25, -0.2) is 4.98 Å². The second-order valence-corrected chi connectivity index (χ2v) is 9.47. The van der Waals surface area contributed by atoms with Crippen LogP contribution in [0.2, 0.25) is 0 Å². The zero-order chi connectivity index (χ0) is 22.4. The van der Waals surface area contributed by atoms with Crippen LogP contribution in [0.15, 0.2) is 23.5 Å². The summed E-state index contributed by atoms with van der Waals surface area (Å²) in [5, 5.41) is 11.0. The van der Waals surface area contributed by atoms with E-state index in [-0.39, 0.29) is 17.6 Å². The molecule has 8 heteroatoms. The molecule has 3 heterocycles. The minimum absolute atomic E-state index is 0.0423. The summed E-state index contributed by atoms with van der Waals surface area (Å²) in [4.78, 5) is 33.3. The SMILES string of the molecule is Cc1nc(N2CCCC(C)/C(=C\C=C(\O)CC(C)C=O)C2)sc1C(=O)N1CCOCC1. The van der Waals surface area contributed by atoms with Gasteiger partial charge in [0.05, 0.1) is 24.7 Å². The molecule has 7 nitrogen and oxygen atoms in total. The van der Waals surface area contributed by atoms with Gasteiger partial charge in [-0.15, -0.1) is 0 Å². The van der Waals surface area contributed by atoms with Crippen molar-refractivity contribution < 1.29 is 19.4 Å². The average molecular weight is 448 g/mol. The Morgan fingerprint density at radius 3 is 2.81 bits per heavy atom. The fraction of sp³-hybridized carbons (Fsp3) is 0.609. The van der Waals surface area contributed by atoms with Gasteiger partial charge in [0.1, 0.15) is 11.2 Å². The summed E-state index contributed by atoms with van der Waals surface area (Å²) in [7, 11) is 0. The number of aliphatic hydroxyl groups excluding tert-OH is 1. The number of carbonyl (C=O) groups is 2. The number of morpholine rings is 1. The number of allylic oxidation sites excluding steroid dienone is 3. The molecule has 0 bridgehead atoms. The third-order valence-electron chi connectivity index (χ3n) is 5.87. The van der Waals surface area contributed by atoms with Crippen molar-refractivity contribution in [3.63, 3.8) is 0 Å². The first-order valence-corrected chi connectivity index (χ1v) is 11.8. The summed E-state index contributed by atoms with van der Waals surface area (Å²) in [6.45, 7) is 9.91. The van der Waals surface area contributed by atoms with Gasteiger partial charge in [-0.1, -0.05) is 31.3 Å². The highest BCUT2D eigenvalue weighted by molar-refractivity contribution is 7.17.